The number of carboxylic acids is 2. The highest BCUT2D eigenvalue weighted by Gasteiger charge is 2.40. The smallest absolute Gasteiger partial charge is 0.326 e. The van der Waals surface area contributed by atoms with Gasteiger partial charge in [-0.25, -0.2) is 4.79 Å². The fraction of sp³-hybridized carbons (Fsp3) is 0.600. The van der Waals surface area contributed by atoms with Gasteiger partial charge in [-0.15, -0.1) is 0 Å². The zero-order valence-electron chi connectivity index (χ0n) is 26.7. The molecule has 0 fully saturated rings. The number of nitrogens with one attached hydrogen (secondary N) is 5. The molecule has 0 radical (unpaired) electrons. The fourth-order valence-electron chi connectivity index (χ4n) is 3.94. The largest absolute Gasteiger partial charge is 0.481 e. The first-order chi connectivity index (χ1) is 20.5. The summed E-state index contributed by atoms with van der Waals surface area (Å²) in [6.07, 6.45) is 1.73. The van der Waals surface area contributed by atoms with Gasteiger partial charge in [-0.05, 0) is 57.4 Å². The molecular weight excluding hydrogens is 572 g/mol. The van der Waals surface area contributed by atoms with Crippen LogP contribution in [0.5, 0.6) is 0 Å². The van der Waals surface area contributed by atoms with E-state index in [9.17, 15) is 39.0 Å². The first kappa shape index (κ1) is 39.8. The third kappa shape index (κ3) is 15.9. The Morgan fingerprint density at radius 1 is 0.886 bits per heavy atom. The third-order valence-corrected chi connectivity index (χ3v) is 6.50. The van der Waals surface area contributed by atoms with Crippen molar-refractivity contribution in [1.82, 2.24) is 21.3 Å². The Kier molecular flexibility index (Phi) is 18.0. The molecule has 248 valence electrons. The molecule has 1 aromatic rings. The summed E-state index contributed by atoms with van der Waals surface area (Å²) in [5.41, 5.74) is 4.78. The summed E-state index contributed by atoms with van der Waals surface area (Å²) in [6.45, 7) is 9.97. The first-order valence-electron chi connectivity index (χ1n) is 14.6. The van der Waals surface area contributed by atoms with Gasteiger partial charge in [0.1, 0.15) is 6.04 Å². The predicted octanol–water partition coefficient (Wildman–Crippen LogP) is 1.31. The van der Waals surface area contributed by atoms with Crippen molar-refractivity contribution in [2.24, 2.45) is 16.6 Å². The molecule has 9 N–H and O–H groups in total. The number of amides is 4. The van der Waals surface area contributed by atoms with Gasteiger partial charge in [0, 0.05) is 49.8 Å². The highest BCUT2D eigenvalue weighted by molar-refractivity contribution is 5.94. The van der Waals surface area contributed by atoms with Gasteiger partial charge in [0.25, 0.3) is 5.91 Å². The zero-order valence-corrected chi connectivity index (χ0v) is 26.7. The van der Waals surface area contributed by atoms with Crippen LogP contribution in [0.4, 0.5) is 5.69 Å². The van der Waals surface area contributed by atoms with Crippen molar-refractivity contribution >= 4 is 41.3 Å². The number of nitrogens with two attached hydrogens (primary N) is 1. The summed E-state index contributed by atoms with van der Waals surface area (Å²) in [6, 6.07) is 6.12. The highest BCUT2D eigenvalue weighted by atomic mass is 16.4. The molecule has 0 aromatic heterocycles. The van der Waals surface area contributed by atoms with Gasteiger partial charge in [0.05, 0.1) is 12.0 Å². The monoisotopic (exact) mass is 622 g/mol. The van der Waals surface area contributed by atoms with Crippen LogP contribution in [0.1, 0.15) is 77.1 Å². The Morgan fingerprint density at radius 2 is 1.50 bits per heavy atom. The van der Waals surface area contributed by atoms with Crippen molar-refractivity contribution in [1.29, 1.82) is 0 Å². The maximum absolute atomic E-state index is 12.5. The number of unbranched alkanes of at least 4 members (excludes halogenated alkanes) is 1. The van der Waals surface area contributed by atoms with E-state index in [2.05, 4.69) is 33.5 Å². The van der Waals surface area contributed by atoms with Crippen LogP contribution in [-0.2, 0) is 24.0 Å². The zero-order chi connectivity index (χ0) is 33.9. The normalized spacial score (nSPS) is 11.6. The number of rotatable bonds is 18. The quantitative estimate of drug-likeness (QED) is 0.109. The lowest BCUT2D eigenvalue weighted by molar-refractivity contribution is -0.151. The molecular formula is C30H50N6O8. The van der Waals surface area contributed by atoms with E-state index in [0.717, 1.165) is 31.6 Å². The lowest BCUT2D eigenvalue weighted by Crippen LogP contribution is -2.48. The second kappa shape index (κ2) is 19.9. The van der Waals surface area contributed by atoms with E-state index in [4.69, 9.17) is 5.73 Å². The molecule has 1 unspecified atom stereocenters. The molecule has 14 heteroatoms. The molecule has 0 saturated heterocycles. The minimum absolute atomic E-state index is 0.000120. The summed E-state index contributed by atoms with van der Waals surface area (Å²) in [7, 11) is 1.41. The van der Waals surface area contributed by atoms with E-state index in [1.807, 2.05) is 24.3 Å². The molecule has 0 aliphatic carbocycles. The van der Waals surface area contributed by atoms with Crippen molar-refractivity contribution in [3.8, 4) is 0 Å². The number of carbonyl (C=O) groups excluding carboxylic acids is 4. The molecule has 4 amide bonds. The summed E-state index contributed by atoms with van der Waals surface area (Å²) >= 11 is 0. The predicted molar refractivity (Wildman–Crippen MR) is 167 cm³/mol. The Labute approximate surface area is 259 Å². The van der Waals surface area contributed by atoms with Crippen molar-refractivity contribution in [2.45, 2.75) is 72.8 Å². The van der Waals surface area contributed by atoms with Crippen LogP contribution in [0, 0.1) is 10.8 Å². The number of hydrogen-bond donors (Lipinski definition) is 8. The number of hydrogen-bond acceptors (Lipinski definition) is 8. The molecule has 0 spiro atoms. The van der Waals surface area contributed by atoms with E-state index in [1.54, 1.807) is 0 Å². The molecule has 0 bridgehead atoms. The van der Waals surface area contributed by atoms with Crippen LogP contribution >= 0.6 is 0 Å². The number of carboxylic acid groups (broad SMARTS) is 2. The average Bonchev–Trinajstić information content (AvgIpc) is 2.96. The summed E-state index contributed by atoms with van der Waals surface area (Å²) in [4.78, 5) is 69.5. The maximum atomic E-state index is 12.5. The van der Waals surface area contributed by atoms with E-state index in [1.165, 1.54) is 34.7 Å². The third-order valence-electron chi connectivity index (χ3n) is 6.50. The van der Waals surface area contributed by atoms with Crippen LogP contribution in [0.25, 0.3) is 0 Å². The average molecular weight is 623 g/mol. The fourth-order valence-corrected chi connectivity index (χ4v) is 3.94. The number of aliphatic carboxylic acids is 2. The van der Waals surface area contributed by atoms with E-state index < -0.39 is 46.5 Å². The van der Waals surface area contributed by atoms with Crippen LogP contribution < -0.4 is 32.3 Å². The number of carbonyl (C=O) groups is 6. The molecule has 0 aliphatic heterocycles. The Morgan fingerprint density at radius 3 is 2.00 bits per heavy atom. The Bertz CT molecular complexity index is 1110. The van der Waals surface area contributed by atoms with Crippen molar-refractivity contribution in [3.63, 3.8) is 0 Å². The van der Waals surface area contributed by atoms with Gasteiger partial charge in [-0.2, -0.15) is 0 Å². The van der Waals surface area contributed by atoms with Crippen LogP contribution in [0.3, 0.4) is 0 Å². The molecule has 14 nitrogen and oxygen atoms in total. The Balaban J connectivity index is 0.000000928. The summed E-state index contributed by atoms with van der Waals surface area (Å²) < 4.78 is 0. The van der Waals surface area contributed by atoms with E-state index in [-0.39, 0.29) is 31.7 Å². The molecule has 0 saturated carbocycles. The standard InChI is InChI=1S/C17H29N3O7.C13H21N3O/c1-16(2,9-17(3,4)15(26)27)14(25)20-10(13(23)24)6-7-11(21)19-8-12(22)18-5;1-2-3-9-16-13(17)11-4-6-12(7-5-11)15-10-8-14/h10H,6-9H2,1-5H3,(H,18,22)(H,19,21)(H,20,25)(H,23,24)(H,26,27);4-7,15H,2-3,8-10,14H2,1H3,(H,16,17). The van der Waals surface area contributed by atoms with E-state index >= 15 is 0 Å². The highest BCUT2D eigenvalue weighted by Crippen LogP contribution is 2.34. The number of anilines is 1. The van der Waals surface area contributed by atoms with Gasteiger partial charge in [-0.1, -0.05) is 27.2 Å². The molecule has 0 heterocycles. The number of benzene rings is 1. The second-order valence-electron chi connectivity index (χ2n) is 11.5. The SMILES string of the molecule is CCCCNC(=O)c1ccc(NCCN)cc1.CNC(=O)CNC(=O)CCC(NC(=O)C(C)(C)CC(C)(C)C(=O)O)C(=O)O. The van der Waals surface area contributed by atoms with E-state index in [0.29, 0.717) is 12.1 Å². The molecule has 1 atom stereocenters. The Hall–Kier alpha value is -4.20. The van der Waals surface area contributed by atoms with Crippen molar-refractivity contribution < 1.29 is 39.0 Å². The van der Waals surface area contributed by atoms with Gasteiger partial charge >= 0.3 is 11.9 Å². The summed E-state index contributed by atoms with van der Waals surface area (Å²) in [5, 5.41) is 31.5. The van der Waals surface area contributed by atoms with Gasteiger partial charge < -0.3 is 42.5 Å². The van der Waals surface area contributed by atoms with Gasteiger partial charge in [-0.3, -0.25) is 24.0 Å². The van der Waals surface area contributed by atoms with Crippen LogP contribution in [-0.4, -0.2) is 85.0 Å². The summed E-state index contributed by atoms with van der Waals surface area (Å²) in [5.74, 6) is -3.92. The van der Waals surface area contributed by atoms with Gasteiger partial charge in [0.15, 0.2) is 0 Å². The minimum Gasteiger partial charge on any atom is -0.481 e. The van der Waals surface area contributed by atoms with Crippen LogP contribution in [0.15, 0.2) is 24.3 Å². The topological polar surface area (TPSA) is 229 Å². The lowest BCUT2D eigenvalue weighted by atomic mass is 9.74. The molecule has 0 aliphatic rings. The van der Waals surface area contributed by atoms with Crippen LogP contribution in [0.2, 0.25) is 0 Å². The lowest BCUT2D eigenvalue weighted by Gasteiger charge is -2.32. The molecule has 44 heavy (non-hydrogen) atoms. The number of likely N-dealkylation sites (N-methyl/N-ethyl adjacent to an activating group) is 1. The van der Waals surface area contributed by atoms with Crippen molar-refractivity contribution in [2.75, 3.05) is 38.5 Å². The first-order valence-corrected chi connectivity index (χ1v) is 14.6. The maximum Gasteiger partial charge on any atom is 0.326 e. The molecule has 1 aromatic carbocycles. The minimum atomic E-state index is -1.31. The molecule has 1 rings (SSSR count). The van der Waals surface area contributed by atoms with Gasteiger partial charge in [0.2, 0.25) is 17.7 Å². The second-order valence-corrected chi connectivity index (χ2v) is 11.5. The van der Waals surface area contributed by atoms with Crippen molar-refractivity contribution in [3.05, 3.63) is 29.8 Å².